The van der Waals surface area contributed by atoms with Crippen molar-refractivity contribution in [3.8, 4) is 0 Å². The molecule has 0 aromatic carbocycles. The molecule has 0 saturated carbocycles. The van der Waals surface area contributed by atoms with Gasteiger partial charge in [0.15, 0.2) is 5.65 Å². The average Bonchev–Trinajstić information content (AvgIpc) is 2.91. The van der Waals surface area contributed by atoms with E-state index >= 15 is 0 Å². The quantitative estimate of drug-likeness (QED) is 0.810. The number of hydrogen-bond donors (Lipinski definition) is 2. The molecule has 0 aliphatic rings. The lowest BCUT2D eigenvalue weighted by atomic mass is 10.3. The van der Waals surface area contributed by atoms with E-state index in [1.54, 1.807) is 14.0 Å². The molecular formula is C12H21Cl2N5O2. The lowest BCUT2D eigenvalue weighted by Gasteiger charge is -2.09. The number of hydrogen-bond acceptors (Lipinski definition) is 4. The Bertz CT molecular complexity index is 672. The fourth-order valence-electron chi connectivity index (χ4n) is 1.64. The van der Waals surface area contributed by atoms with Crippen molar-refractivity contribution >= 4 is 35.2 Å². The average molecular weight is 338 g/mol. The van der Waals surface area contributed by atoms with Gasteiger partial charge in [-0.3, -0.25) is 13.9 Å². The van der Waals surface area contributed by atoms with Gasteiger partial charge in [-0.05, 0) is 13.3 Å². The van der Waals surface area contributed by atoms with Crippen LogP contribution in [0.4, 0.5) is 0 Å². The highest BCUT2D eigenvalue weighted by atomic mass is 35.5. The summed E-state index contributed by atoms with van der Waals surface area (Å²) in [6.45, 7) is 3.98. The maximum absolute atomic E-state index is 11.9. The second kappa shape index (κ2) is 8.86. The SMILES string of the molecule is CC(N)Cn1c(=O)c2[nH]cnc2n(C)c1=O.CCCCl.Cl. The van der Waals surface area contributed by atoms with Crippen LogP contribution in [0.25, 0.3) is 11.2 Å². The molecule has 0 amide bonds. The molecule has 0 spiro atoms. The molecule has 0 fully saturated rings. The highest BCUT2D eigenvalue weighted by Crippen LogP contribution is 1.98. The van der Waals surface area contributed by atoms with E-state index < -0.39 is 5.69 Å². The van der Waals surface area contributed by atoms with Crippen LogP contribution in [-0.4, -0.2) is 31.0 Å². The number of rotatable bonds is 3. The molecule has 7 nitrogen and oxygen atoms in total. The van der Waals surface area contributed by atoms with Crippen LogP contribution >= 0.6 is 24.0 Å². The van der Waals surface area contributed by atoms with Crippen molar-refractivity contribution in [3.05, 3.63) is 27.2 Å². The predicted molar refractivity (Wildman–Crippen MR) is 87.5 cm³/mol. The van der Waals surface area contributed by atoms with Gasteiger partial charge in [-0.25, -0.2) is 9.78 Å². The van der Waals surface area contributed by atoms with Crippen molar-refractivity contribution in [1.82, 2.24) is 19.1 Å². The summed E-state index contributed by atoms with van der Waals surface area (Å²) >= 11 is 5.19. The van der Waals surface area contributed by atoms with Gasteiger partial charge in [-0.1, -0.05) is 6.92 Å². The van der Waals surface area contributed by atoms with Gasteiger partial charge in [0, 0.05) is 25.5 Å². The number of nitrogens with zero attached hydrogens (tertiary/aromatic N) is 3. The minimum atomic E-state index is -0.401. The first-order valence-corrected chi connectivity index (χ1v) is 6.91. The number of imidazole rings is 1. The first kappa shape index (κ1) is 19.7. The minimum absolute atomic E-state index is 0. The Labute approximate surface area is 133 Å². The fraction of sp³-hybridized carbons (Fsp3) is 0.583. The topological polar surface area (TPSA) is 98.7 Å². The molecule has 120 valence electrons. The van der Waals surface area contributed by atoms with Crippen LogP contribution < -0.4 is 17.0 Å². The van der Waals surface area contributed by atoms with Crippen molar-refractivity contribution in [2.45, 2.75) is 32.9 Å². The number of nitrogens with two attached hydrogens (primary N) is 1. The maximum atomic E-state index is 11.9. The van der Waals surface area contributed by atoms with E-state index in [9.17, 15) is 9.59 Å². The zero-order valence-corrected chi connectivity index (χ0v) is 13.9. The lowest BCUT2D eigenvalue weighted by Crippen LogP contribution is -2.42. The molecule has 2 rings (SSSR count). The van der Waals surface area contributed by atoms with Crippen LogP contribution in [0.3, 0.4) is 0 Å². The van der Waals surface area contributed by atoms with Crippen LogP contribution in [-0.2, 0) is 13.6 Å². The van der Waals surface area contributed by atoms with Crippen molar-refractivity contribution in [2.24, 2.45) is 12.8 Å². The molecule has 1 unspecified atom stereocenters. The monoisotopic (exact) mass is 337 g/mol. The van der Waals surface area contributed by atoms with Crippen LogP contribution in [0.1, 0.15) is 20.3 Å². The molecule has 21 heavy (non-hydrogen) atoms. The zero-order valence-electron chi connectivity index (χ0n) is 12.3. The minimum Gasteiger partial charge on any atom is -0.339 e. The first-order valence-electron chi connectivity index (χ1n) is 6.38. The van der Waals surface area contributed by atoms with Crippen molar-refractivity contribution in [2.75, 3.05) is 5.88 Å². The Morgan fingerprint density at radius 1 is 1.48 bits per heavy atom. The second-order valence-electron chi connectivity index (χ2n) is 4.52. The van der Waals surface area contributed by atoms with Gasteiger partial charge in [0.05, 0.1) is 6.33 Å². The van der Waals surface area contributed by atoms with E-state index in [2.05, 4.69) is 9.97 Å². The third kappa shape index (κ3) is 4.59. The largest absolute Gasteiger partial charge is 0.339 e. The van der Waals surface area contributed by atoms with E-state index in [0.29, 0.717) is 11.2 Å². The van der Waals surface area contributed by atoms with Gasteiger partial charge in [-0.15, -0.1) is 24.0 Å². The smallest absolute Gasteiger partial charge is 0.332 e. The number of alkyl halides is 1. The van der Waals surface area contributed by atoms with Gasteiger partial charge in [-0.2, -0.15) is 0 Å². The molecule has 1 atom stereocenters. The number of aromatic amines is 1. The van der Waals surface area contributed by atoms with Crippen LogP contribution in [0.2, 0.25) is 0 Å². The Morgan fingerprint density at radius 2 is 2.05 bits per heavy atom. The third-order valence-corrected chi connectivity index (χ3v) is 2.95. The molecule has 2 aromatic rings. The number of aromatic nitrogens is 4. The van der Waals surface area contributed by atoms with E-state index in [4.69, 9.17) is 17.3 Å². The lowest BCUT2D eigenvalue weighted by molar-refractivity contribution is 0.537. The van der Waals surface area contributed by atoms with Crippen LogP contribution in [0.15, 0.2) is 15.9 Å². The normalized spacial score (nSPS) is 11.5. The van der Waals surface area contributed by atoms with Crippen molar-refractivity contribution in [1.29, 1.82) is 0 Å². The van der Waals surface area contributed by atoms with E-state index in [0.717, 1.165) is 16.9 Å². The molecule has 0 aliphatic carbocycles. The summed E-state index contributed by atoms with van der Waals surface area (Å²) in [5.41, 5.74) is 5.49. The summed E-state index contributed by atoms with van der Waals surface area (Å²) in [6.07, 6.45) is 2.48. The summed E-state index contributed by atoms with van der Waals surface area (Å²) in [4.78, 5) is 30.4. The molecule has 9 heteroatoms. The highest BCUT2D eigenvalue weighted by Gasteiger charge is 2.13. The maximum Gasteiger partial charge on any atom is 0.332 e. The summed E-state index contributed by atoms with van der Waals surface area (Å²) in [7, 11) is 1.57. The summed E-state index contributed by atoms with van der Waals surface area (Å²) in [5, 5.41) is 0. The number of fused-ring (bicyclic) bond motifs is 1. The van der Waals surface area contributed by atoms with Gasteiger partial charge >= 0.3 is 5.69 Å². The fourth-order valence-corrected chi connectivity index (χ4v) is 1.64. The molecule has 0 radical (unpaired) electrons. The number of H-pyrrole nitrogens is 1. The Kier molecular flexibility index (Phi) is 8.31. The van der Waals surface area contributed by atoms with Crippen LogP contribution in [0.5, 0.6) is 0 Å². The molecule has 0 bridgehead atoms. The van der Waals surface area contributed by atoms with Gasteiger partial charge in [0.25, 0.3) is 5.56 Å². The van der Waals surface area contributed by atoms with Gasteiger partial charge < -0.3 is 10.7 Å². The Morgan fingerprint density at radius 3 is 2.52 bits per heavy atom. The van der Waals surface area contributed by atoms with Gasteiger partial charge in [0.2, 0.25) is 0 Å². The van der Waals surface area contributed by atoms with Crippen LogP contribution in [0, 0.1) is 0 Å². The summed E-state index contributed by atoms with van der Waals surface area (Å²) in [5.74, 6) is 0.792. The Hall–Kier alpha value is -1.31. The van der Waals surface area contributed by atoms with E-state index in [-0.39, 0.29) is 30.6 Å². The molecule has 2 heterocycles. The number of aryl methyl sites for hydroxylation is 1. The van der Waals surface area contributed by atoms with Crippen molar-refractivity contribution < 1.29 is 0 Å². The second-order valence-corrected chi connectivity index (χ2v) is 4.90. The predicted octanol–water partition coefficient (Wildman–Crippen LogP) is 0.827. The number of halogens is 2. The molecule has 0 saturated heterocycles. The Balaban J connectivity index is 0.000000715. The van der Waals surface area contributed by atoms with Gasteiger partial charge in [0.1, 0.15) is 5.52 Å². The third-order valence-electron chi connectivity index (χ3n) is 2.57. The number of nitrogens with one attached hydrogen (secondary N) is 1. The molecule has 3 N–H and O–H groups in total. The zero-order chi connectivity index (χ0) is 15.3. The molecule has 0 aliphatic heterocycles. The molecular weight excluding hydrogens is 317 g/mol. The molecule has 2 aromatic heterocycles. The standard InChI is InChI=1S/C9H13N5O2.C3H7Cl.ClH/c1-5(10)3-14-8(15)6-7(12-4-11-6)13(2)9(14)16;1-2-3-4;/h4-5H,3,10H2,1-2H3,(H,11,12);2-3H2,1H3;1H. The summed E-state index contributed by atoms with van der Waals surface area (Å²) < 4.78 is 2.45. The van der Waals surface area contributed by atoms with E-state index in [1.807, 2.05) is 6.92 Å². The first-order chi connectivity index (χ1) is 9.43. The summed E-state index contributed by atoms with van der Waals surface area (Å²) in [6, 6.07) is -0.259. The van der Waals surface area contributed by atoms with Crippen molar-refractivity contribution in [3.63, 3.8) is 0 Å². The van der Waals surface area contributed by atoms with E-state index in [1.165, 1.54) is 10.9 Å². The highest BCUT2D eigenvalue weighted by molar-refractivity contribution is 6.17.